The van der Waals surface area contributed by atoms with Gasteiger partial charge in [-0.1, -0.05) is 30.4 Å². The molecule has 0 aliphatic carbocycles. The van der Waals surface area contributed by atoms with Gasteiger partial charge in [0.05, 0.1) is 38.0 Å². The first-order chi connectivity index (χ1) is 15.0. The van der Waals surface area contributed by atoms with Crippen molar-refractivity contribution in [2.45, 2.75) is 24.8 Å². The summed E-state index contributed by atoms with van der Waals surface area (Å²) in [6.07, 6.45) is 0.177. The number of benzene rings is 2. The summed E-state index contributed by atoms with van der Waals surface area (Å²) in [6, 6.07) is 11.5. The summed E-state index contributed by atoms with van der Waals surface area (Å²) in [5, 5.41) is 0. The highest BCUT2D eigenvalue weighted by Crippen LogP contribution is 2.33. The van der Waals surface area contributed by atoms with E-state index in [1.807, 2.05) is 24.3 Å². The minimum absolute atomic E-state index is 0.0684. The van der Waals surface area contributed by atoms with E-state index in [2.05, 4.69) is 11.9 Å². The smallest absolute Gasteiger partial charge is 0.325 e. The third-order valence-electron chi connectivity index (χ3n) is 4.51. The standard InChI is InChI=1S/C22H24N2O5S2/c1-5-30-15-8-6-14(7-9-15)10-20(25)23-22-24(13-21(26)29-4)16-11-17(27-2)18(28-3)12-19(16)31-22/h6-9,11-12H,5,10,13H2,1-4H3. The third-order valence-corrected chi connectivity index (χ3v) is 6.45. The number of hydrogen-bond donors (Lipinski definition) is 0. The lowest BCUT2D eigenvalue weighted by Crippen LogP contribution is -2.22. The van der Waals surface area contributed by atoms with Crippen LogP contribution in [-0.4, -0.2) is 43.5 Å². The molecule has 0 unspecified atom stereocenters. The molecule has 0 aliphatic heterocycles. The summed E-state index contributed by atoms with van der Waals surface area (Å²) in [5.74, 6) is 1.35. The van der Waals surface area contributed by atoms with Crippen molar-refractivity contribution >= 4 is 45.2 Å². The summed E-state index contributed by atoms with van der Waals surface area (Å²) in [7, 11) is 4.42. The Morgan fingerprint density at radius 3 is 2.35 bits per heavy atom. The number of ether oxygens (including phenoxy) is 3. The number of amides is 1. The zero-order chi connectivity index (χ0) is 22.4. The number of hydrogen-bond acceptors (Lipinski definition) is 7. The van der Waals surface area contributed by atoms with Crippen molar-refractivity contribution in [3.8, 4) is 11.5 Å². The van der Waals surface area contributed by atoms with E-state index in [0.29, 0.717) is 21.8 Å². The maximum atomic E-state index is 12.7. The lowest BCUT2D eigenvalue weighted by Gasteiger charge is -2.09. The first kappa shape index (κ1) is 22.9. The van der Waals surface area contributed by atoms with Crippen molar-refractivity contribution in [2.24, 2.45) is 4.99 Å². The van der Waals surface area contributed by atoms with E-state index in [-0.39, 0.29) is 18.9 Å². The average Bonchev–Trinajstić information content (AvgIpc) is 3.09. The summed E-state index contributed by atoms with van der Waals surface area (Å²) in [5.41, 5.74) is 1.60. The van der Waals surface area contributed by atoms with E-state index in [1.165, 1.54) is 23.3 Å². The van der Waals surface area contributed by atoms with E-state index in [4.69, 9.17) is 14.2 Å². The van der Waals surface area contributed by atoms with Crippen LogP contribution < -0.4 is 14.3 Å². The number of thiazole rings is 1. The van der Waals surface area contributed by atoms with E-state index in [0.717, 1.165) is 16.0 Å². The topological polar surface area (TPSA) is 79.1 Å². The molecular weight excluding hydrogens is 436 g/mol. The Hall–Kier alpha value is -2.78. The van der Waals surface area contributed by atoms with E-state index in [1.54, 1.807) is 42.7 Å². The number of nitrogens with zero attached hydrogens (tertiary/aromatic N) is 2. The number of methoxy groups -OCH3 is 3. The molecule has 1 heterocycles. The van der Waals surface area contributed by atoms with Gasteiger partial charge in [0, 0.05) is 17.0 Å². The molecule has 164 valence electrons. The fourth-order valence-corrected chi connectivity index (χ4v) is 4.74. The van der Waals surface area contributed by atoms with Gasteiger partial charge in [0.25, 0.3) is 5.91 Å². The lowest BCUT2D eigenvalue weighted by atomic mass is 10.1. The molecule has 7 nitrogen and oxygen atoms in total. The number of carbonyl (C=O) groups is 2. The van der Waals surface area contributed by atoms with Gasteiger partial charge in [-0.3, -0.25) is 9.59 Å². The fraction of sp³-hybridized carbons (Fsp3) is 0.318. The van der Waals surface area contributed by atoms with Crippen LogP contribution in [-0.2, 0) is 27.3 Å². The quantitative estimate of drug-likeness (QED) is 0.377. The van der Waals surface area contributed by atoms with Crippen molar-refractivity contribution in [1.29, 1.82) is 0 Å². The first-order valence-corrected chi connectivity index (χ1v) is 11.4. The Morgan fingerprint density at radius 2 is 1.74 bits per heavy atom. The summed E-state index contributed by atoms with van der Waals surface area (Å²) < 4.78 is 18.0. The highest BCUT2D eigenvalue weighted by atomic mass is 32.2. The van der Waals surface area contributed by atoms with Gasteiger partial charge in [-0.15, -0.1) is 11.8 Å². The van der Waals surface area contributed by atoms with Gasteiger partial charge >= 0.3 is 5.97 Å². The van der Waals surface area contributed by atoms with Gasteiger partial charge in [0.1, 0.15) is 6.54 Å². The van der Waals surface area contributed by atoms with E-state index in [9.17, 15) is 9.59 Å². The Kier molecular flexibility index (Phi) is 7.75. The molecule has 3 rings (SSSR count). The molecule has 2 aromatic carbocycles. The first-order valence-electron chi connectivity index (χ1n) is 9.60. The monoisotopic (exact) mass is 460 g/mol. The summed E-state index contributed by atoms with van der Waals surface area (Å²) >= 11 is 3.05. The van der Waals surface area contributed by atoms with Crippen LogP contribution in [0.4, 0.5) is 0 Å². The van der Waals surface area contributed by atoms with Crippen LogP contribution in [0.2, 0.25) is 0 Å². The molecule has 31 heavy (non-hydrogen) atoms. The molecule has 3 aromatic rings. The third kappa shape index (κ3) is 5.48. The van der Waals surface area contributed by atoms with E-state index >= 15 is 0 Å². The van der Waals surface area contributed by atoms with Gasteiger partial charge in [-0.2, -0.15) is 4.99 Å². The molecular formula is C22H24N2O5S2. The number of aromatic nitrogens is 1. The second-order valence-electron chi connectivity index (χ2n) is 6.48. The molecule has 0 bridgehead atoms. The van der Waals surface area contributed by atoms with Crippen molar-refractivity contribution in [1.82, 2.24) is 4.57 Å². The van der Waals surface area contributed by atoms with E-state index < -0.39 is 5.97 Å². The number of thioether (sulfide) groups is 1. The van der Waals surface area contributed by atoms with Crippen LogP contribution in [0.1, 0.15) is 12.5 Å². The van der Waals surface area contributed by atoms with Gasteiger partial charge in [-0.05, 0) is 23.4 Å². The number of esters is 1. The molecule has 9 heteroatoms. The Labute approximate surface area is 188 Å². The highest BCUT2D eigenvalue weighted by Gasteiger charge is 2.16. The van der Waals surface area contributed by atoms with Gasteiger partial charge < -0.3 is 18.8 Å². The molecule has 1 amide bonds. The Morgan fingerprint density at radius 1 is 1.06 bits per heavy atom. The van der Waals surface area contributed by atoms with Gasteiger partial charge in [0.15, 0.2) is 16.3 Å². The SMILES string of the molecule is CCSc1ccc(CC(=O)N=c2sc3cc(OC)c(OC)cc3n2CC(=O)OC)cc1. The number of fused-ring (bicyclic) bond motifs is 1. The molecule has 0 aliphatic rings. The van der Waals surface area contributed by atoms with Crippen LogP contribution in [0.3, 0.4) is 0 Å². The normalized spacial score (nSPS) is 11.5. The van der Waals surface area contributed by atoms with Gasteiger partial charge in [0.2, 0.25) is 0 Å². The molecule has 0 saturated carbocycles. The Bertz CT molecular complexity index is 1150. The molecule has 0 radical (unpaired) electrons. The predicted octanol–water partition coefficient (Wildman–Crippen LogP) is 3.68. The largest absolute Gasteiger partial charge is 0.493 e. The summed E-state index contributed by atoms with van der Waals surface area (Å²) in [6.45, 7) is 2.03. The fourth-order valence-electron chi connectivity index (χ4n) is 3.02. The minimum atomic E-state index is -0.438. The van der Waals surface area contributed by atoms with Crippen LogP contribution in [0.15, 0.2) is 46.3 Å². The predicted molar refractivity (Wildman–Crippen MR) is 122 cm³/mol. The maximum Gasteiger partial charge on any atom is 0.325 e. The average molecular weight is 461 g/mol. The van der Waals surface area contributed by atoms with Crippen molar-refractivity contribution < 1.29 is 23.8 Å². The highest BCUT2D eigenvalue weighted by molar-refractivity contribution is 7.99. The van der Waals surface area contributed by atoms with Crippen LogP contribution >= 0.6 is 23.1 Å². The zero-order valence-electron chi connectivity index (χ0n) is 17.8. The minimum Gasteiger partial charge on any atom is -0.493 e. The summed E-state index contributed by atoms with van der Waals surface area (Å²) in [4.78, 5) is 30.5. The molecule has 0 atom stereocenters. The maximum absolute atomic E-state index is 12.7. The second kappa shape index (κ2) is 10.5. The molecule has 0 N–H and O–H groups in total. The van der Waals surface area contributed by atoms with Gasteiger partial charge in [-0.25, -0.2) is 0 Å². The van der Waals surface area contributed by atoms with Crippen molar-refractivity contribution in [3.63, 3.8) is 0 Å². The van der Waals surface area contributed by atoms with Crippen molar-refractivity contribution in [2.75, 3.05) is 27.1 Å². The molecule has 0 spiro atoms. The molecule has 1 aromatic heterocycles. The molecule has 0 saturated heterocycles. The molecule has 0 fully saturated rings. The van der Waals surface area contributed by atoms with Crippen LogP contribution in [0.5, 0.6) is 11.5 Å². The zero-order valence-corrected chi connectivity index (χ0v) is 19.5. The lowest BCUT2D eigenvalue weighted by molar-refractivity contribution is -0.141. The number of rotatable bonds is 8. The van der Waals surface area contributed by atoms with Crippen molar-refractivity contribution in [3.05, 3.63) is 46.8 Å². The Balaban J connectivity index is 1.99. The second-order valence-corrected chi connectivity index (χ2v) is 8.83. The number of carbonyl (C=O) groups excluding carboxylic acids is 2. The van der Waals surface area contributed by atoms with Crippen LogP contribution in [0, 0.1) is 0 Å². The van der Waals surface area contributed by atoms with Crippen LogP contribution in [0.25, 0.3) is 10.2 Å².